The molecule has 218 valence electrons. The van der Waals surface area contributed by atoms with Crippen LogP contribution in [0.5, 0.6) is 0 Å². The van der Waals surface area contributed by atoms with Gasteiger partial charge in [-0.3, -0.25) is 0 Å². The topological polar surface area (TPSA) is 41.7 Å². The minimum atomic E-state index is -0.246. The molecule has 7 aromatic rings. The van der Waals surface area contributed by atoms with Crippen LogP contribution >= 0.6 is 11.8 Å². The van der Waals surface area contributed by atoms with Crippen LogP contribution in [-0.4, -0.2) is 16.2 Å². The maximum atomic E-state index is 5.13. The number of hydrogen-bond acceptors (Lipinski definition) is 4. The van der Waals surface area contributed by atoms with Crippen LogP contribution in [0.1, 0.15) is 34.0 Å². The molecule has 3 heterocycles. The smallest absolute Gasteiger partial charge is 0.159 e. The summed E-state index contributed by atoms with van der Waals surface area (Å²) < 4.78 is 2.38. The molecule has 2 aliphatic heterocycles. The predicted molar refractivity (Wildman–Crippen MR) is 192 cm³/mol. The molecule has 1 N–H and O–H groups in total. The summed E-state index contributed by atoms with van der Waals surface area (Å²) in [6, 6.07) is 51.2. The summed E-state index contributed by atoms with van der Waals surface area (Å²) >= 11 is 1.84. The molecule has 0 saturated carbocycles. The minimum Gasteiger partial charge on any atom is -0.344 e. The van der Waals surface area contributed by atoms with Crippen molar-refractivity contribution in [2.75, 3.05) is 0 Å². The van der Waals surface area contributed by atoms with Crippen LogP contribution in [0.4, 0.5) is 0 Å². The molecule has 5 heteroatoms. The van der Waals surface area contributed by atoms with E-state index in [9.17, 15) is 0 Å². The third-order valence-corrected chi connectivity index (χ3v) is 9.82. The highest BCUT2D eigenvalue weighted by Crippen LogP contribution is 2.42. The molecular formula is C41H28N4S. The third kappa shape index (κ3) is 4.64. The van der Waals surface area contributed by atoms with Crippen LogP contribution in [0.2, 0.25) is 0 Å². The van der Waals surface area contributed by atoms with Gasteiger partial charge in [-0.15, -0.1) is 0 Å². The lowest BCUT2D eigenvalue weighted by Gasteiger charge is -2.23. The van der Waals surface area contributed by atoms with Crippen molar-refractivity contribution in [3.63, 3.8) is 0 Å². The Morgan fingerprint density at radius 2 is 1.30 bits per heavy atom. The van der Waals surface area contributed by atoms with Crippen molar-refractivity contribution >= 4 is 57.4 Å². The minimum absolute atomic E-state index is 0.246. The van der Waals surface area contributed by atoms with Gasteiger partial charge in [-0.2, -0.15) is 0 Å². The molecule has 9 rings (SSSR count). The van der Waals surface area contributed by atoms with Crippen molar-refractivity contribution in [3.05, 3.63) is 173 Å². The van der Waals surface area contributed by atoms with Gasteiger partial charge in [0.1, 0.15) is 12.0 Å². The Bertz CT molecular complexity index is 2370. The van der Waals surface area contributed by atoms with E-state index in [1.54, 1.807) is 0 Å². The predicted octanol–water partition coefficient (Wildman–Crippen LogP) is 9.91. The molecule has 0 saturated heterocycles. The van der Waals surface area contributed by atoms with E-state index >= 15 is 0 Å². The zero-order valence-electron chi connectivity index (χ0n) is 24.8. The Balaban J connectivity index is 1.20. The molecule has 0 bridgehead atoms. The average molecular weight is 609 g/mol. The second-order valence-corrected chi connectivity index (χ2v) is 12.6. The molecule has 1 atom stereocenters. The molecule has 1 unspecified atom stereocenters. The second-order valence-electron chi connectivity index (χ2n) is 11.5. The van der Waals surface area contributed by atoms with Crippen molar-refractivity contribution in [3.8, 4) is 5.69 Å². The van der Waals surface area contributed by atoms with E-state index < -0.39 is 0 Å². The lowest BCUT2D eigenvalue weighted by Crippen LogP contribution is -2.33. The number of para-hydroxylation sites is 1. The largest absolute Gasteiger partial charge is 0.344 e. The zero-order chi connectivity index (χ0) is 30.5. The highest BCUT2D eigenvalue weighted by molar-refractivity contribution is 7.99. The van der Waals surface area contributed by atoms with Crippen molar-refractivity contribution in [2.45, 2.75) is 16.0 Å². The average Bonchev–Trinajstić information content (AvgIpc) is 3.32. The van der Waals surface area contributed by atoms with Gasteiger partial charge >= 0.3 is 0 Å². The van der Waals surface area contributed by atoms with E-state index in [1.807, 2.05) is 36.0 Å². The number of rotatable bonds is 4. The third-order valence-electron chi connectivity index (χ3n) is 8.65. The summed E-state index contributed by atoms with van der Waals surface area (Å²) in [5.41, 5.74) is 8.99. The Hall–Kier alpha value is -5.65. The number of fused-ring (bicyclic) bond motifs is 5. The molecule has 0 aliphatic carbocycles. The van der Waals surface area contributed by atoms with Crippen LogP contribution < -0.4 is 5.32 Å². The highest BCUT2D eigenvalue weighted by Gasteiger charge is 2.22. The van der Waals surface area contributed by atoms with E-state index in [4.69, 9.17) is 9.98 Å². The Labute approximate surface area is 271 Å². The molecule has 4 nitrogen and oxygen atoms in total. The lowest BCUT2D eigenvalue weighted by molar-refractivity contribution is 0.674. The van der Waals surface area contributed by atoms with Crippen LogP contribution in [0.25, 0.3) is 39.6 Å². The fraction of sp³-hybridized carbons (Fsp3) is 0.0244. The molecular weight excluding hydrogens is 581 g/mol. The molecule has 0 fully saturated rings. The lowest BCUT2D eigenvalue weighted by atomic mass is 10.1. The van der Waals surface area contributed by atoms with Gasteiger partial charge in [-0.05, 0) is 53.1 Å². The van der Waals surface area contributed by atoms with E-state index in [-0.39, 0.29) is 6.17 Å². The summed E-state index contributed by atoms with van der Waals surface area (Å²) in [6.45, 7) is 0. The second kappa shape index (κ2) is 11.1. The highest BCUT2D eigenvalue weighted by atomic mass is 32.2. The SMILES string of the molecule is C1=Cc2cc3c(cc2Sc2ccccc21)c1ccccc1n3-c1cccc(C2=NC(c3ccccc3)NC(c3ccccc3)=N2)c1. The first kappa shape index (κ1) is 26.7. The number of aliphatic imine (C=N–C) groups is 2. The molecule has 1 aromatic heterocycles. The monoisotopic (exact) mass is 608 g/mol. The fourth-order valence-electron chi connectivity index (χ4n) is 6.43. The normalized spacial score (nSPS) is 15.4. The molecule has 2 aliphatic rings. The number of nitrogens with zero attached hydrogens (tertiary/aromatic N) is 3. The number of hydrogen-bond donors (Lipinski definition) is 1. The van der Waals surface area contributed by atoms with Gasteiger partial charge < -0.3 is 9.88 Å². The van der Waals surface area contributed by atoms with Crippen molar-refractivity contribution < 1.29 is 0 Å². The van der Waals surface area contributed by atoms with Crippen molar-refractivity contribution in [1.29, 1.82) is 0 Å². The van der Waals surface area contributed by atoms with Crippen molar-refractivity contribution in [1.82, 2.24) is 9.88 Å². The summed E-state index contributed by atoms with van der Waals surface area (Å²) in [7, 11) is 0. The molecule has 0 radical (unpaired) electrons. The zero-order valence-corrected chi connectivity index (χ0v) is 25.7. The van der Waals surface area contributed by atoms with Crippen LogP contribution in [0.3, 0.4) is 0 Å². The summed E-state index contributed by atoms with van der Waals surface area (Å²) in [5, 5.41) is 6.05. The van der Waals surface area contributed by atoms with Gasteiger partial charge in [0.05, 0.1) is 11.0 Å². The summed E-state index contributed by atoms with van der Waals surface area (Å²) in [5.74, 6) is 1.52. The van der Waals surface area contributed by atoms with Gasteiger partial charge in [-0.25, -0.2) is 9.98 Å². The number of benzene rings is 6. The quantitative estimate of drug-likeness (QED) is 0.216. The van der Waals surface area contributed by atoms with Crippen LogP contribution in [0.15, 0.2) is 165 Å². The van der Waals surface area contributed by atoms with E-state index in [0.717, 1.165) is 28.2 Å². The molecule has 46 heavy (non-hydrogen) atoms. The van der Waals surface area contributed by atoms with Gasteiger partial charge in [-0.1, -0.05) is 133 Å². The fourth-order valence-corrected chi connectivity index (χ4v) is 7.49. The first-order chi connectivity index (χ1) is 22.8. The van der Waals surface area contributed by atoms with Gasteiger partial charge in [0.2, 0.25) is 0 Å². The standard InChI is InChI=1S/C41H28N4S/c1-3-13-28(14-4-1)39-42-40(29-15-5-2-6-16-29)44-41(43-39)31-17-11-18-32(24-31)45-35-20-9-8-19-33(35)34-26-38-30(25-36(34)45)23-22-27-12-7-10-21-37(27)46-38/h1-26,39H,(H,42,43,44). The van der Waals surface area contributed by atoms with E-state index in [0.29, 0.717) is 5.84 Å². The Morgan fingerprint density at radius 3 is 2.20 bits per heavy atom. The van der Waals surface area contributed by atoms with Crippen LogP contribution in [-0.2, 0) is 0 Å². The first-order valence-electron chi connectivity index (χ1n) is 15.4. The number of amidine groups is 2. The van der Waals surface area contributed by atoms with Crippen molar-refractivity contribution in [2.24, 2.45) is 9.98 Å². The van der Waals surface area contributed by atoms with E-state index in [2.05, 4.69) is 143 Å². The Morgan fingerprint density at radius 1 is 0.565 bits per heavy atom. The van der Waals surface area contributed by atoms with Crippen LogP contribution in [0, 0.1) is 0 Å². The maximum Gasteiger partial charge on any atom is 0.159 e. The maximum absolute atomic E-state index is 5.13. The van der Waals surface area contributed by atoms with E-state index in [1.165, 1.54) is 42.7 Å². The Kier molecular flexibility index (Phi) is 6.42. The van der Waals surface area contributed by atoms with Gasteiger partial charge in [0.15, 0.2) is 5.84 Å². The summed E-state index contributed by atoms with van der Waals surface area (Å²) in [6.07, 6.45) is 4.23. The van der Waals surface area contributed by atoms with Gasteiger partial charge in [0, 0.05) is 37.4 Å². The summed E-state index contributed by atoms with van der Waals surface area (Å²) in [4.78, 5) is 12.7. The first-order valence-corrected chi connectivity index (χ1v) is 16.3. The van der Waals surface area contributed by atoms with Gasteiger partial charge in [0.25, 0.3) is 0 Å². The molecule has 6 aromatic carbocycles. The number of nitrogens with one attached hydrogen (secondary N) is 1. The molecule has 0 spiro atoms. The molecule has 0 amide bonds. The number of aromatic nitrogens is 1.